The lowest BCUT2D eigenvalue weighted by molar-refractivity contribution is 0.399. The van der Waals surface area contributed by atoms with Crippen LogP contribution in [0.4, 0.5) is 0 Å². The van der Waals surface area contributed by atoms with E-state index in [0.29, 0.717) is 5.69 Å². The summed E-state index contributed by atoms with van der Waals surface area (Å²) in [6, 6.07) is 0. The SMILES string of the molecule is COC(=N)c1cnccn1.Cl.Cl. The van der Waals surface area contributed by atoms with Crippen molar-refractivity contribution in [1.29, 1.82) is 5.41 Å². The molecule has 0 bridgehead atoms. The summed E-state index contributed by atoms with van der Waals surface area (Å²) in [6.07, 6.45) is 4.54. The number of halogens is 2. The van der Waals surface area contributed by atoms with Crippen molar-refractivity contribution >= 4 is 30.7 Å². The minimum absolute atomic E-state index is 0. The highest BCUT2D eigenvalue weighted by Gasteiger charge is 1.98. The summed E-state index contributed by atoms with van der Waals surface area (Å²) in [4.78, 5) is 7.61. The molecule has 0 amide bonds. The van der Waals surface area contributed by atoms with Gasteiger partial charge in [-0.05, 0) is 0 Å². The Kier molecular flexibility index (Phi) is 7.78. The second-order valence-electron chi connectivity index (χ2n) is 1.62. The molecule has 1 heterocycles. The number of nitrogens with one attached hydrogen (secondary N) is 1. The number of methoxy groups -OCH3 is 1. The van der Waals surface area contributed by atoms with Crippen LogP contribution in [-0.2, 0) is 4.74 Å². The summed E-state index contributed by atoms with van der Waals surface area (Å²) < 4.78 is 4.62. The van der Waals surface area contributed by atoms with E-state index in [-0.39, 0.29) is 30.7 Å². The fraction of sp³-hybridized carbons (Fsp3) is 0.167. The van der Waals surface area contributed by atoms with Crippen LogP contribution in [-0.4, -0.2) is 23.0 Å². The van der Waals surface area contributed by atoms with Crippen LogP contribution >= 0.6 is 24.8 Å². The third-order valence-electron chi connectivity index (χ3n) is 1.000. The summed E-state index contributed by atoms with van der Waals surface area (Å²) in [7, 11) is 1.43. The first kappa shape index (κ1) is 13.7. The van der Waals surface area contributed by atoms with Gasteiger partial charge in [0.05, 0.1) is 13.3 Å². The highest BCUT2D eigenvalue weighted by molar-refractivity contribution is 5.88. The topological polar surface area (TPSA) is 58.9 Å². The number of ether oxygens (including phenoxy) is 1. The van der Waals surface area contributed by atoms with Gasteiger partial charge in [0.1, 0.15) is 5.69 Å². The van der Waals surface area contributed by atoms with Crippen molar-refractivity contribution in [2.24, 2.45) is 0 Å². The van der Waals surface area contributed by atoms with Gasteiger partial charge in [-0.25, -0.2) is 4.98 Å². The van der Waals surface area contributed by atoms with E-state index in [1.165, 1.54) is 19.5 Å². The molecular formula is C6H9Cl2N3O. The maximum absolute atomic E-state index is 7.15. The molecule has 1 N–H and O–H groups in total. The second kappa shape index (κ2) is 6.82. The number of rotatable bonds is 1. The molecule has 6 heteroatoms. The summed E-state index contributed by atoms with van der Waals surface area (Å²) in [6.45, 7) is 0. The van der Waals surface area contributed by atoms with Crippen LogP contribution in [0.3, 0.4) is 0 Å². The lowest BCUT2D eigenvalue weighted by Crippen LogP contribution is -2.03. The van der Waals surface area contributed by atoms with E-state index in [1.54, 1.807) is 6.20 Å². The first-order valence-electron chi connectivity index (χ1n) is 2.73. The lowest BCUT2D eigenvalue weighted by Gasteiger charge is -1.97. The Morgan fingerprint density at radius 3 is 2.50 bits per heavy atom. The molecule has 0 radical (unpaired) electrons. The Balaban J connectivity index is 0. The molecule has 0 aliphatic rings. The first-order valence-corrected chi connectivity index (χ1v) is 2.73. The van der Waals surface area contributed by atoms with Gasteiger partial charge in [-0.15, -0.1) is 24.8 Å². The van der Waals surface area contributed by atoms with Crippen LogP contribution in [0.25, 0.3) is 0 Å². The molecule has 0 aliphatic heterocycles. The van der Waals surface area contributed by atoms with Gasteiger partial charge < -0.3 is 4.74 Å². The summed E-state index contributed by atoms with van der Waals surface area (Å²) in [5, 5.41) is 7.15. The van der Waals surface area contributed by atoms with Crippen LogP contribution < -0.4 is 0 Å². The Bertz CT molecular complexity index is 229. The lowest BCUT2D eigenvalue weighted by atomic mass is 10.4. The largest absolute Gasteiger partial charge is 0.480 e. The third-order valence-corrected chi connectivity index (χ3v) is 1.000. The van der Waals surface area contributed by atoms with Crippen molar-refractivity contribution in [1.82, 2.24) is 9.97 Å². The van der Waals surface area contributed by atoms with Crippen LogP contribution in [0.1, 0.15) is 5.69 Å². The molecule has 0 aromatic carbocycles. The van der Waals surface area contributed by atoms with Gasteiger partial charge in [-0.2, -0.15) is 0 Å². The molecule has 0 fully saturated rings. The number of hydrogen-bond donors (Lipinski definition) is 1. The molecule has 0 aliphatic carbocycles. The predicted octanol–water partition coefficient (Wildman–Crippen LogP) is 1.29. The van der Waals surface area contributed by atoms with Crippen molar-refractivity contribution in [3.63, 3.8) is 0 Å². The number of hydrogen-bond acceptors (Lipinski definition) is 4. The van der Waals surface area contributed by atoms with Gasteiger partial charge in [0, 0.05) is 12.4 Å². The molecule has 0 atom stereocenters. The summed E-state index contributed by atoms with van der Waals surface area (Å²) in [5.41, 5.74) is 0.449. The minimum atomic E-state index is 0. The molecule has 1 aromatic heterocycles. The standard InChI is InChI=1S/C6H7N3O.2ClH/c1-10-6(7)5-4-8-2-3-9-5;;/h2-4,7H,1H3;2*1H. The zero-order valence-corrected chi connectivity index (χ0v) is 7.98. The van der Waals surface area contributed by atoms with Gasteiger partial charge in [0.25, 0.3) is 0 Å². The smallest absolute Gasteiger partial charge is 0.233 e. The number of aromatic nitrogens is 2. The predicted molar refractivity (Wildman–Crippen MR) is 50.4 cm³/mol. The molecule has 0 spiro atoms. The molecule has 0 saturated heterocycles. The van der Waals surface area contributed by atoms with Crippen LogP contribution in [0, 0.1) is 5.41 Å². The van der Waals surface area contributed by atoms with Gasteiger partial charge in [0.15, 0.2) is 0 Å². The normalized spacial score (nSPS) is 7.42. The first-order chi connectivity index (χ1) is 4.84. The summed E-state index contributed by atoms with van der Waals surface area (Å²) in [5.74, 6) is 0.0353. The van der Waals surface area contributed by atoms with Crippen LogP contribution in [0.2, 0.25) is 0 Å². The van der Waals surface area contributed by atoms with E-state index in [2.05, 4.69) is 14.7 Å². The second-order valence-corrected chi connectivity index (χ2v) is 1.62. The summed E-state index contributed by atoms with van der Waals surface area (Å²) >= 11 is 0. The number of nitrogens with zero attached hydrogens (tertiary/aromatic N) is 2. The zero-order valence-electron chi connectivity index (χ0n) is 6.35. The van der Waals surface area contributed by atoms with E-state index in [4.69, 9.17) is 5.41 Å². The van der Waals surface area contributed by atoms with Crippen molar-refractivity contribution in [2.75, 3.05) is 7.11 Å². The van der Waals surface area contributed by atoms with Gasteiger partial charge >= 0.3 is 0 Å². The fourth-order valence-corrected chi connectivity index (χ4v) is 0.521. The van der Waals surface area contributed by atoms with E-state index < -0.39 is 0 Å². The molecule has 0 unspecified atom stereocenters. The monoisotopic (exact) mass is 209 g/mol. The van der Waals surface area contributed by atoms with Crippen molar-refractivity contribution < 1.29 is 4.74 Å². The Morgan fingerprint density at radius 2 is 2.08 bits per heavy atom. The fourth-order valence-electron chi connectivity index (χ4n) is 0.521. The molecule has 1 aromatic rings. The van der Waals surface area contributed by atoms with Crippen LogP contribution in [0.15, 0.2) is 18.6 Å². The van der Waals surface area contributed by atoms with E-state index >= 15 is 0 Å². The maximum atomic E-state index is 7.15. The Hall–Kier alpha value is -0.870. The molecule has 4 nitrogen and oxygen atoms in total. The molecule has 1 rings (SSSR count). The van der Waals surface area contributed by atoms with E-state index in [0.717, 1.165) is 0 Å². The third kappa shape index (κ3) is 3.50. The van der Waals surface area contributed by atoms with Crippen LogP contribution in [0.5, 0.6) is 0 Å². The molecule has 12 heavy (non-hydrogen) atoms. The van der Waals surface area contributed by atoms with E-state index in [1.807, 2.05) is 0 Å². The maximum Gasteiger partial charge on any atom is 0.233 e. The zero-order chi connectivity index (χ0) is 7.40. The molecule has 68 valence electrons. The highest BCUT2D eigenvalue weighted by Crippen LogP contribution is 1.90. The average molecular weight is 210 g/mol. The van der Waals surface area contributed by atoms with Gasteiger partial charge in [0.2, 0.25) is 5.90 Å². The van der Waals surface area contributed by atoms with E-state index in [9.17, 15) is 0 Å². The molecular weight excluding hydrogens is 201 g/mol. The molecule has 0 saturated carbocycles. The Labute approximate surface area is 82.7 Å². The van der Waals surface area contributed by atoms with Crippen molar-refractivity contribution in [3.8, 4) is 0 Å². The average Bonchev–Trinajstić information content (AvgIpc) is 2.05. The van der Waals surface area contributed by atoms with Gasteiger partial charge in [-0.3, -0.25) is 10.4 Å². The van der Waals surface area contributed by atoms with Crippen molar-refractivity contribution in [2.45, 2.75) is 0 Å². The van der Waals surface area contributed by atoms with Gasteiger partial charge in [-0.1, -0.05) is 0 Å². The highest BCUT2D eigenvalue weighted by atomic mass is 35.5. The minimum Gasteiger partial charge on any atom is -0.480 e. The Morgan fingerprint density at radius 1 is 1.42 bits per heavy atom. The quantitative estimate of drug-likeness (QED) is 0.561. The van der Waals surface area contributed by atoms with Crippen molar-refractivity contribution in [3.05, 3.63) is 24.3 Å².